The van der Waals surface area contributed by atoms with E-state index >= 15 is 0 Å². The molecule has 1 saturated heterocycles. The molecule has 1 aliphatic rings. The first kappa shape index (κ1) is 17.7. The van der Waals surface area contributed by atoms with E-state index in [9.17, 15) is 0 Å². The van der Waals surface area contributed by atoms with Crippen LogP contribution in [0.15, 0.2) is 40.7 Å². The molecular formula is C19H27N5S. The number of guanidine groups is 1. The van der Waals surface area contributed by atoms with Crippen molar-refractivity contribution in [3.8, 4) is 0 Å². The molecule has 1 aromatic carbocycles. The molecule has 2 aromatic rings. The fourth-order valence-electron chi connectivity index (χ4n) is 3.08. The highest BCUT2D eigenvalue weighted by atomic mass is 32.1. The van der Waals surface area contributed by atoms with Gasteiger partial charge in [-0.3, -0.25) is 4.99 Å². The van der Waals surface area contributed by atoms with Crippen molar-refractivity contribution in [2.45, 2.75) is 25.8 Å². The minimum absolute atomic E-state index is 0.842. The molecule has 2 heterocycles. The maximum absolute atomic E-state index is 4.78. The molecule has 25 heavy (non-hydrogen) atoms. The molecule has 0 amide bonds. The largest absolute Gasteiger partial charge is 0.356 e. The maximum atomic E-state index is 4.78. The SMILES string of the molecule is CN=C(NCCc1csc(N2CCCC2)n1)N(C)Cc1ccccc1. The van der Waals surface area contributed by atoms with Gasteiger partial charge in [-0.15, -0.1) is 11.3 Å². The van der Waals surface area contributed by atoms with E-state index in [1.165, 1.54) is 29.2 Å². The van der Waals surface area contributed by atoms with Crippen LogP contribution in [-0.4, -0.2) is 49.6 Å². The van der Waals surface area contributed by atoms with E-state index in [0.29, 0.717) is 0 Å². The predicted molar refractivity (Wildman–Crippen MR) is 107 cm³/mol. The summed E-state index contributed by atoms with van der Waals surface area (Å²) in [5.74, 6) is 0.916. The number of nitrogens with one attached hydrogen (secondary N) is 1. The van der Waals surface area contributed by atoms with Gasteiger partial charge in [-0.25, -0.2) is 4.98 Å². The third-order valence-corrected chi connectivity index (χ3v) is 5.37. The molecule has 6 heteroatoms. The van der Waals surface area contributed by atoms with Crippen molar-refractivity contribution in [2.75, 3.05) is 38.6 Å². The van der Waals surface area contributed by atoms with Crippen LogP contribution in [0.25, 0.3) is 0 Å². The van der Waals surface area contributed by atoms with Gasteiger partial charge in [-0.2, -0.15) is 0 Å². The second-order valence-electron chi connectivity index (χ2n) is 6.38. The lowest BCUT2D eigenvalue weighted by Crippen LogP contribution is -2.39. The van der Waals surface area contributed by atoms with Crippen molar-refractivity contribution in [3.63, 3.8) is 0 Å². The summed E-state index contributed by atoms with van der Waals surface area (Å²) in [6, 6.07) is 10.5. The Kier molecular flexibility index (Phi) is 6.28. The Morgan fingerprint density at radius 3 is 2.76 bits per heavy atom. The Hall–Kier alpha value is -2.08. The Bertz CT molecular complexity index is 676. The Morgan fingerprint density at radius 2 is 2.04 bits per heavy atom. The molecule has 0 aliphatic carbocycles. The van der Waals surface area contributed by atoms with Crippen molar-refractivity contribution in [1.82, 2.24) is 15.2 Å². The summed E-state index contributed by atoms with van der Waals surface area (Å²) in [4.78, 5) is 13.7. The van der Waals surface area contributed by atoms with E-state index in [-0.39, 0.29) is 0 Å². The van der Waals surface area contributed by atoms with Gasteiger partial charge in [0.2, 0.25) is 0 Å². The summed E-state index contributed by atoms with van der Waals surface area (Å²) in [6.07, 6.45) is 3.50. The van der Waals surface area contributed by atoms with Gasteiger partial charge >= 0.3 is 0 Å². The topological polar surface area (TPSA) is 43.8 Å². The minimum Gasteiger partial charge on any atom is -0.356 e. The average molecular weight is 358 g/mol. The van der Waals surface area contributed by atoms with Crippen LogP contribution in [0.3, 0.4) is 0 Å². The number of anilines is 1. The van der Waals surface area contributed by atoms with Crippen LogP contribution in [0, 0.1) is 0 Å². The molecule has 1 aliphatic heterocycles. The van der Waals surface area contributed by atoms with Crippen LogP contribution in [0.2, 0.25) is 0 Å². The van der Waals surface area contributed by atoms with Crippen molar-refractivity contribution < 1.29 is 0 Å². The second-order valence-corrected chi connectivity index (χ2v) is 7.22. The van der Waals surface area contributed by atoms with E-state index < -0.39 is 0 Å². The van der Waals surface area contributed by atoms with Crippen LogP contribution >= 0.6 is 11.3 Å². The normalized spacial score (nSPS) is 14.8. The zero-order chi connectivity index (χ0) is 17.5. The fourth-order valence-corrected chi connectivity index (χ4v) is 4.00. The molecule has 134 valence electrons. The number of thiazole rings is 1. The summed E-state index contributed by atoms with van der Waals surface area (Å²) in [7, 11) is 3.90. The highest BCUT2D eigenvalue weighted by Gasteiger charge is 2.15. The summed E-state index contributed by atoms with van der Waals surface area (Å²) >= 11 is 1.77. The van der Waals surface area contributed by atoms with Crippen LogP contribution in [0.4, 0.5) is 5.13 Å². The Labute approximate surface area is 154 Å². The molecule has 0 radical (unpaired) electrons. The average Bonchev–Trinajstić information content (AvgIpc) is 3.31. The third kappa shape index (κ3) is 4.95. The molecule has 3 rings (SSSR count). The van der Waals surface area contributed by atoms with Crippen molar-refractivity contribution >= 4 is 22.4 Å². The first-order chi connectivity index (χ1) is 12.3. The zero-order valence-corrected chi connectivity index (χ0v) is 15.9. The zero-order valence-electron chi connectivity index (χ0n) is 15.1. The Morgan fingerprint density at radius 1 is 1.28 bits per heavy atom. The summed E-state index contributed by atoms with van der Waals surface area (Å²) in [5, 5.41) is 6.81. The number of benzene rings is 1. The first-order valence-corrected chi connectivity index (χ1v) is 9.79. The van der Waals surface area contributed by atoms with E-state index in [1.54, 1.807) is 11.3 Å². The van der Waals surface area contributed by atoms with Crippen LogP contribution in [-0.2, 0) is 13.0 Å². The highest BCUT2D eigenvalue weighted by molar-refractivity contribution is 7.13. The smallest absolute Gasteiger partial charge is 0.193 e. The molecule has 0 atom stereocenters. The highest BCUT2D eigenvalue weighted by Crippen LogP contribution is 2.24. The maximum Gasteiger partial charge on any atom is 0.193 e. The minimum atomic E-state index is 0.842. The number of hydrogen-bond acceptors (Lipinski definition) is 4. The number of nitrogens with zero attached hydrogens (tertiary/aromatic N) is 4. The van der Waals surface area contributed by atoms with Gasteiger partial charge < -0.3 is 15.1 Å². The summed E-state index contributed by atoms with van der Waals surface area (Å²) in [5.41, 5.74) is 2.45. The molecule has 0 unspecified atom stereocenters. The van der Waals surface area contributed by atoms with E-state index in [2.05, 4.69) is 56.8 Å². The molecular weight excluding hydrogens is 330 g/mol. The molecule has 5 nitrogen and oxygen atoms in total. The van der Waals surface area contributed by atoms with Crippen molar-refractivity contribution in [1.29, 1.82) is 0 Å². The van der Waals surface area contributed by atoms with Crippen molar-refractivity contribution in [2.24, 2.45) is 4.99 Å². The Balaban J connectivity index is 1.46. The number of rotatable bonds is 6. The van der Waals surface area contributed by atoms with Gasteiger partial charge in [0, 0.05) is 52.1 Å². The standard InChI is InChI=1S/C19H27N5S/c1-20-18(23(2)14-16-8-4-3-5-9-16)21-11-10-17-15-25-19(22-17)24-12-6-7-13-24/h3-5,8-9,15H,6-7,10-14H2,1-2H3,(H,20,21). The summed E-state index contributed by atoms with van der Waals surface area (Å²) in [6.45, 7) is 4.00. The van der Waals surface area contributed by atoms with Crippen LogP contribution in [0.5, 0.6) is 0 Å². The van der Waals surface area contributed by atoms with E-state index in [1.807, 2.05) is 13.1 Å². The predicted octanol–water partition coefficient (Wildman–Crippen LogP) is 2.99. The van der Waals surface area contributed by atoms with Gasteiger partial charge in [0.25, 0.3) is 0 Å². The van der Waals surface area contributed by atoms with Crippen LogP contribution in [0.1, 0.15) is 24.1 Å². The summed E-state index contributed by atoms with van der Waals surface area (Å²) < 4.78 is 0. The van der Waals surface area contributed by atoms with Gasteiger partial charge in [-0.1, -0.05) is 30.3 Å². The monoisotopic (exact) mass is 357 g/mol. The second kappa shape index (κ2) is 8.85. The van der Waals surface area contributed by atoms with Crippen LogP contribution < -0.4 is 10.2 Å². The molecule has 1 fully saturated rings. The molecule has 0 spiro atoms. The third-order valence-electron chi connectivity index (χ3n) is 4.42. The lowest BCUT2D eigenvalue weighted by molar-refractivity contribution is 0.477. The van der Waals surface area contributed by atoms with Gasteiger partial charge in [0.15, 0.2) is 11.1 Å². The lowest BCUT2D eigenvalue weighted by Gasteiger charge is -2.22. The van der Waals surface area contributed by atoms with Gasteiger partial charge in [0.1, 0.15) is 0 Å². The molecule has 0 bridgehead atoms. The molecule has 1 aromatic heterocycles. The fraction of sp³-hybridized carbons (Fsp3) is 0.474. The first-order valence-electron chi connectivity index (χ1n) is 8.91. The lowest BCUT2D eigenvalue weighted by atomic mass is 10.2. The van der Waals surface area contributed by atoms with Gasteiger partial charge in [0.05, 0.1) is 5.69 Å². The number of hydrogen-bond donors (Lipinski definition) is 1. The van der Waals surface area contributed by atoms with Gasteiger partial charge in [-0.05, 0) is 18.4 Å². The molecule has 0 saturated carbocycles. The van der Waals surface area contributed by atoms with E-state index in [0.717, 1.165) is 38.6 Å². The van der Waals surface area contributed by atoms with E-state index in [4.69, 9.17) is 4.98 Å². The van der Waals surface area contributed by atoms with Crippen molar-refractivity contribution in [3.05, 3.63) is 47.0 Å². The molecule has 1 N–H and O–H groups in total. The number of aliphatic imine (C=N–C) groups is 1. The quantitative estimate of drug-likeness (QED) is 0.638. The number of aromatic nitrogens is 1.